The molecule has 0 saturated heterocycles. The van der Waals surface area contributed by atoms with E-state index in [1.54, 1.807) is 6.92 Å². The van der Waals surface area contributed by atoms with Gasteiger partial charge in [-0.3, -0.25) is 4.79 Å². The van der Waals surface area contributed by atoms with Gasteiger partial charge in [-0.05, 0) is 56.3 Å². The third-order valence-corrected chi connectivity index (χ3v) is 4.71. The van der Waals surface area contributed by atoms with Crippen LogP contribution in [0.1, 0.15) is 45.4 Å². The highest BCUT2D eigenvalue weighted by molar-refractivity contribution is 5.90. The van der Waals surface area contributed by atoms with E-state index >= 15 is 0 Å². The maximum atomic E-state index is 11.2. The van der Waals surface area contributed by atoms with E-state index in [1.807, 2.05) is 0 Å². The molecule has 2 heteroatoms. The van der Waals surface area contributed by atoms with Crippen molar-refractivity contribution in [1.82, 2.24) is 0 Å². The molecule has 88 valence electrons. The molecule has 2 nitrogen and oxygen atoms in total. The molecule has 0 unspecified atom stereocenters. The molecular weight excluding hydrogens is 200 g/mol. The molecule has 0 heterocycles. The molecule has 0 aliphatic heterocycles. The summed E-state index contributed by atoms with van der Waals surface area (Å²) in [6, 6.07) is 0. The minimum Gasteiger partial charge on any atom is -0.484 e. The molecule has 4 rings (SSSR count). The van der Waals surface area contributed by atoms with Crippen molar-refractivity contribution < 1.29 is 9.53 Å². The summed E-state index contributed by atoms with van der Waals surface area (Å²) in [4.78, 5) is 11.2. The Morgan fingerprint density at radius 1 is 1.12 bits per heavy atom. The second-order valence-electron chi connectivity index (χ2n) is 6.18. The van der Waals surface area contributed by atoms with Gasteiger partial charge in [-0.25, -0.2) is 0 Å². The summed E-state index contributed by atoms with van der Waals surface area (Å²) < 4.78 is 5.97. The van der Waals surface area contributed by atoms with Gasteiger partial charge in [-0.1, -0.05) is 6.58 Å². The molecule has 4 bridgehead atoms. The van der Waals surface area contributed by atoms with Crippen LogP contribution in [-0.2, 0) is 9.53 Å². The smallest absolute Gasteiger partial charge is 0.193 e. The molecule has 4 fully saturated rings. The van der Waals surface area contributed by atoms with Crippen molar-refractivity contribution in [3.8, 4) is 0 Å². The summed E-state index contributed by atoms with van der Waals surface area (Å²) in [6.07, 6.45) is 7.67. The van der Waals surface area contributed by atoms with Crippen LogP contribution in [0.5, 0.6) is 0 Å². The molecule has 4 aliphatic rings. The minimum atomic E-state index is -0.0178. The number of hydrogen-bond donors (Lipinski definition) is 0. The molecular formula is C14H20O2. The van der Waals surface area contributed by atoms with Gasteiger partial charge in [0.1, 0.15) is 5.60 Å². The van der Waals surface area contributed by atoms with Crippen LogP contribution in [0.15, 0.2) is 12.3 Å². The molecule has 0 radical (unpaired) electrons. The average Bonchev–Trinajstić information content (AvgIpc) is 2.13. The summed E-state index contributed by atoms with van der Waals surface area (Å²) >= 11 is 0. The van der Waals surface area contributed by atoms with Crippen molar-refractivity contribution in [2.45, 2.75) is 51.0 Å². The van der Waals surface area contributed by atoms with E-state index in [9.17, 15) is 4.79 Å². The van der Waals surface area contributed by atoms with Crippen molar-refractivity contribution in [3.63, 3.8) is 0 Å². The molecule has 4 aliphatic carbocycles. The van der Waals surface area contributed by atoms with Gasteiger partial charge in [0, 0.05) is 6.92 Å². The number of rotatable bonds is 3. The zero-order valence-corrected chi connectivity index (χ0v) is 10.00. The standard InChI is InChI=1S/C14H20O2/c1-9(15)10(2)16-14-6-11-3-12(7-14)5-13(4-11)8-14/h11-13H,2-8H2,1H3. The van der Waals surface area contributed by atoms with Crippen molar-refractivity contribution in [2.24, 2.45) is 17.8 Å². The normalized spacial score (nSPS) is 44.4. The van der Waals surface area contributed by atoms with Crippen LogP contribution in [0.3, 0.4) is 0 Å². The van der Waals surface area contributed by atoms with Crippen molar-refractivity contribution >= 4 is 5.78 Å². The first-order valence-corrected chi connectivity index (χ1v) is 6.45. The lowest BCUT2D eigenvalue weighted by atomic mass is 9.54. The Morgan fingerprint density at radius 3 is 1.94 bits per heavy atom. The van der Waals surface area contributed by atoms with E-state index in [4.69, 9.17) is 4.74 Å². The second-order valence-corrected chi connectivity index (χ2v) is 6.18. The van der Waals surface area contributed by atoms with Crippen molar-refractivity contribution in [1.29, 1.82) is 0 Å². The van der Waals surface area contributed by atoms with Gasteiger partial charge >= 0.3 is 0 Å². The number of Topliss-reactive ketones (excluding diaryl/α,β-unsaturated/α-hetero) is 1. The molecule has 0 aromatic rings. The Bertz CT molecular complexity index is 307. The summed E-state index contributed by atoms with van der Waals surface area (Å²) in [5, 5.41) is 0. The molecule has 0 amide bonds. The zero-order valence-electron chi connectivity index (χ0n) is 10.00. The Morgan fingerprint density at radius 2 is 1.56 bits per heavy atom. The van der Waals surface area contributed by atoms with Gasteiger partial charge in [-0.15, -0.1) is 0 Å². The highest BCUT2D eigenvalue weighted by Gasteiger charge is 2.52. The number of ketones is 1. The number of carbonyl (C=O) groups is 1. The first-order valence-electron chi connectivity index (χ1n) is 6.45. The molecule has 0 aromatic heterocycles. The third kappa shape index (κ3) is 1.59. The second kappa shape index (κ2) is 3.35. The Balaban J connectivity index is 1.78. The number of ether oxygens (including phenoxy) is 1. The number of carbonyl (C=O) groups excluding carboxylic acids is 1. The third-order valence-electron chi connectivity index (χ3n) is 4.71. The lowest BCUT2D eigenvalue weighted by molar-refractivity contribution is -0.148. The molecule has 0 aromatic carbocycles. The van der Waals surface area contributed by atoms with Crippen LogP contribution in [0.25, 0.3) is 0 Å². The maximum absolute atomic E-state index is 11.2. The lowest BCUT2D eigenvalue weighted by Gasteiger charge is -2.56. The SMILES string of the molecule is C=C(OC12CC3CC(CC(C3)C1)C2)C(C)=O. The zero-order chi connectivity index (χ0) is 11.3. The van der Waals surface area contributed by atoms with E-state index in [1.165, 1.54) is 19.3 Å². The number of hydrogen-bond acceptors (Lipinski definition) is 2. The Labute approximate surface area is 97.1 Å². The van der Waals surface area contributed by atoms with Crippen LogP contribution in [-0.4, -0.2) is 11.4 Å². The highest BCUT2D eigenvalue weighted by atomic mass is 16.5. The molecule has 16 heavy (non-hydrogen) atoms. The molecule has 0 N–H and O–H groups in total. The Hall–Kier alpha value is -0.790. The van der Waals surface area contributed by atoms with Crippen molar-refractivity contribution in [3.05, 3.63) is 12.3 Å². The molecule has 4 saturated carbocycles. The monoisotopic (exact) mass is 220 g/mol. The predicted molar refractivity (Wildman–Crippen MR) is 61.8 cm³/mol. The van der Waals surface area contributed by atoms with E-state index in [-0.39, 0.29) is 11.4 Å². The maximum Gasteiger partial charge on any atom is 0.193 e. The van der Waals surface area contributed by atoms with Gasteiger partial charge in [0.05, 0.1) is 0 Å². The van der Waals surface area contributed by atoms with Gasteiger partial charge in [0.2, 0.25) is 0 Å². The summed E-state index contributed by atoms with van der Waals surface area (Å²) in [7, 11) is 0. The van der Waals surface area contributed by atoms with E-state index in [2.05, 4.69) is 6.58 Å². The predicted octanol–water partition coefficient (Wildman–Crippen LogP) is 3.07. The number of allylic oxidation sites excluding steroid dienone is 1. The van der Waals surface area contributed by atoms with Crippen LogP contribution < -0.4 is 0 Å². The van der Waals surface area contributed by atoms with Crippen LogP contribution in [0.4, 0.5) is 0 Å². The lowest BCUT2D eigenvalue weighted by Crippen LogP contribution is -2.52. The molecule has 0 atom stereocenters. The minimum absolute atomic E-state index is 0.0164. The fourth-order valence-corrected chi connectivity index (χ4v) is 4.49. The van der Waals surface area contributed by atoms with Gasteiger partial charge < -0.3 is 4.74 Å². The van der Waals surface area contributed by atoms with Crippen molar-refractivity contribution in [2.75, 3.05) is 0 Å². The topological polar surface area (TPSA) is 26.3 Å². The summed E-state index contributed by atoms with van der Waals surface area (Å²) in [5.41, 5.74) is -0.0164. The van der Waals surface area contributed by atoms with Gasteiger partial charge in [0.25, 0.3) is 0 Å². The quantitative estimate of drug-likeness (QED) is 0.539. The van der Waals surface area contributed by atoms with E-state index in [0.29, 0.717) is 5.76 Å². The molecule has 0 spiro atoms. The summed E-state index contributed by atoms with van der Waals surface area (Å²) in [5.74, 6) is 2.92. The first kappa shape index (κ1) is 10.4. The fourth-order valence-electron chi connectivity index (χ4n) is 4.49. The highest BCUT2D eigenvalue weighted by Crippen LogP contribution is 2.57. The van der Waals surface area contributed by atoms with E-state index < -0.39 is 0 Å². The summed E-state index contributed by atoms with van der Waals surface area (Å²) in [6.45, 7) is 5.30. The largest absolute Gasteiger partial charge is 0.484 e. The van der Waals surface area contributed by atoms with E-state index in [0.717, 1.165) is 37.0 Å². The van der Waals surface area contributed by atoms with Crippen LogP contribution in [0, 0.1) is 17.8 Å². The van der Waals surface area contributed by atoms with Crippen LogP contribution >= 0.6 is 0 Å². The van der Waals surface area contributed by atoms with Gasteiger partial charge in [-0.2, -0.15) is 0 Å². The fraction of sp³-hybridized carbons (Fsp3) is 0.786. The Kier molecular flexibility index (Phi) is 2.17. The first-order chi connectivity index (χ1) is 7.56. The van der Waals surface area contributed by atoms with Gasteiger partial charge in [0.15, 0.2) is 11.5 Å². The van der Waals surface area contributed by atoms with Crippen LogP contribution in [0.2, 0.25) is 0 Å². The average molecular weight is 220 g/mol.